The number of carboxylic acids is 1. The van der Waals surface area contributed by atoms with Crippen LogP contribution >= 0.6 is 0 Å². The van der Waals surface area contributed by atoms with Gasteiger partial charge in [-0.2, -0.15) is 0 Å². The Bertz CT molecular complexity index is 1070. The molecule has 184 valence electrons. The van der Waals surface area contributed by atoms with Gasteiger partial charge in [0.25, 0.3) is 0 Å². The number of anilines is 2. The largest absolute Gasteiger partial charge is 0.478 e. The molecule has 34 heavy (non-hydrogen) atoms. The lowest BCUT2D eigenvalue weighted by Crippen LogP contribution is -2.29. The van der Waals surface area contributed by atoms with E-state index in [-0.39, 0.29) is 17.8 Å². The Morgan fingerprint density at radius 2 is 1.24 bits per heavy atom. The number of hydrogen-bond acceptors (Lipinski definition) is 4. The SMILES string of the molecule is CC(C)c1ccc(C=O)c(C(C)C)c1N1CCN(c2c(C(C)C)ccc(C(=O)O)c2C(C)C)C1. The Hall–Kier alpha value is -2.82. The fraction of sp³-hybridized carbons (Fsp3) is 0.517. The van der Waals surface area contributed by atoms with Gasteiger partial charge < -0.3 is 14.9 Å². The van der Waals surface area contributed by atoms with Crippen LogP contribution in [0.15, 0.2) is 24.3 Å². The lowest BCUT2D eigenvalue weighted by atomic mass is 9.88. The van der Waals surface area contributed by atoms with Gasteiger partial charge in [-0.25, -0.2) is 4.79 Å². The van der Waals surface area contributed by atoms with Crippen molar-refractivity contribution in [1.29, 1.82) is 0 Å². The van der Waals surface area contributed by atoms with Gasteiger partial charge in [0.1, 0.15) is 6.29 Å². The lowest BCUT2D eigenvalue weighted by molar-refractivity contribution is 0.0695. The molecule has 0 bridgehead atoms. The molecule has 0 saturated carbocycles. The number of carbonyl (C=O) groups is 2. The summed E-state index contributed by atoms with van der Waals surface area (Å²) in [5.41, 5.74) is 7.84. The summed E-state index contributed by atoms with van der Waals surface area (Å²) >= 11 is 0. The van der Waals surface area contributed by atoms with E-state index in [1.807, 2.05) is 12.1 Å². The highest BCUT2D eigenvalue weighted by atomic mass is 16.4. The zero-order chi connectivity index (χ0) is 25.3. The first kappa shape index (κ1) is 25.8. The molecule has 1 aliphatic heterocycles. The first-order valence-electron chi connectivity index (χ1n) is 12.5. The summed E-state index contributed by atoms with van der Waals surface area (Å²) in [6.45, 7) is 19.5. The Morgan fingerprint density at radius 3 is 1.65 bits per heavy atom. The molecule has 1 aliphatic rings. The van der Waals surface area contributed by atoms with Crippen molar-refractivity contribution in [3.8, 4) is 0 Å². The molecule has 2 aromatic carbocycles. The minimum Gasteiger partial charge on any atom is -0.478 e. The highest BCUT2D eigenvalue weighted by Gasteiger charge is 2.32. The predicted molar refractivity (Wildman–Crippen MR) is 141 cm³/mol. The van der Waals surface area contributed by atoms with E-state index in [0.717, 1.165) is 41.8 Å². The van der Waals surface area contributed by atoms with Crippen LogP contribution in [-0.4, -0.2) is 37.1 Å². The van der Waals surface area contributed by atoms with Gasteiger partial charge in [-0.15, -0.1) is 0 Å². The van der Waals surface area contributed by atoms with Gasteiger partial charge >= 0.3 is 5.97 Å². The van der Waals surface area contributed by atoms with E-state index in [0.29, 0.717) is 18.2 Å². The Kier molecular flexibility index (Phi) is 7.74. The van der Waals surface area contributed by atoms with Crippen LogP contribution in [0.1, 0.15) is 122 Å². The van der Waals surface area contributed by atoms with Crippen molar-refractivity contribution < 1.29 is 14.7 Å². The molecule has 1 saturated heterocycles. The molecule has 0 radical (unpaired) electrons. The van der Waals surface area contributed by atoms with E-state index in [4.69, 9.17) is 0 Å². The van der Waals surface area contributed by atoms with Gasteiger partial charge in [-0.3, -0.25) is 4.79 Å². The average molecular weight is 465 g/mol. The molecule has 0 aliphatic carbocycles. The molecule has 0 atom stereocenters. The zero-order valence-electron chi connectivity index (χ0n) is 22.0. The smallest absolute Gasteiger partial charge is 0.336 e. The van der Waals surface area contributed by atoms with Crippen molar-refractivity contribution in [1.82, 2.24) is 0 Å². The third-order valence-corrected chi connectivity index (χ3v) is 6.90. The van der Waals surface area contributed by atoms with Crippen molar-refractivity contribution in [2.45, 2.75) is 79.1 Å². The monoisotopic (exact) mass is 464 g/mol. The molecule has 0 unspecified atom stereocenters. The van der Waals surface area contributed by atoms with Crippen molar-refractivity contribution in [3.63, 3.8) is 0 Å². The predicted octanol–water partition coefficient (Wildman–Crippen LogP) is 6.98. The van der Waals surface area contributed by atoms with E-state index in [9.17, 15) is 14.7 Å². The number of carbonyl (C=O) groups excluding carboxylic acids is 1. The first-order valence-corrected chi connectivity index (χ1v) is 12.5. The normalized spacial score (nSPS) is 14.2. The lowest BCUT2D eigenvalue weighted by Gasteiger charge is -2.32. The van der Waals surface area contributed by atoms with Crippen molar-refractivity contribution in [3.05, 3.63) is 57.6 Å². The van der Waals surface area contributed by atoms with E-state index in [1.54, 1.807) is 6.07 Å². The van der Waals surface area contributed by atoms with Gasteiger partial charge in [0.05, 0.1) is 12.2 Å². The summed E-state index contributed by atoms with van der Waals surface area (Å²) in [6.07, 6.45) is 0.973. The summed E-state index contributed by atoms with van der Waals surface area (Å²) in [4.78, 5) is 28.8. The standard InChI is InChI=1S/C29H40N2O3/c1-17(2)22-10-9-21(15-32)25(19(5)6)27(22)30-13-14-31(16-30)28-23(18(3)4)11-12-24(29(33)34)26(28)20(7)8/h9-12,15,17-20H,13-14,16H2,1-8H3,(H,33,34). The summed E-state index contributed by atoms with van der Waals surface area (Å²) in [5, 5.41) is 9.93. The molecular formula is C29H40N2O3. The highest BCUT2D eigenvalue weighted by Crippen LogP contribution is 2.42. The molecule has 0 spiro atoms. The van der Waals surface area contributed by atoms with Crippen LogP contribution in [-0.2, 0) is 0 Å². The van der Waals surface area contributed by atoms with E-state index >= 15 is 0 Å². The number of benzene rings is 2. The maximum atomic E-state index is 12.1. The number of rotatable bonds is 8. The second kappa shape index (κ2) is 10.2. The van der Waals surface area contributed by atoms with Gasteiger partial charge in [-0.05, 0) is 52.0 Å². The summed E-state index contributed by atoms with van der Waals surface area (Å²) < 4.78 is 0. The Morgan fingerprint density at radius 1 is 0.765 bits per heavy atom. The molecule has 2 aromatic rings. The molecule has 0 aromatic heterocycles. The van der Waals surface area contributed by atoms with E-state index in [1.165, 1.54) is 16.8 Å². The number of aldehydes is 1. The second-order valence-corrected chi connectivity index (χ2v) is 10.7. The van der Waals surface area contributed by atoms with Gasteiger partial charge in [0.2, 0.25) is 0 Å². The fourth-order valence-corrected chi connectivity index (χ4v) is 5.34. The van der Waals surface area contributed by atoms with Crippen LogP contribution in [0.3, 0.4) is 0 Å². The van der Waals surface area contributed by atoms with Crippen LogP contribution in [0.4, 0.5) is 11.4 Å². The van der Waals surface area contributed by atoms with Crippen molar-refractivity contribution >= 4 is 23.6 Å². The first-order chi connectivity index (χ1) is 16.0. The third-order valence-electron chi connectivity index (χ3n) is 6.90. The van der Waals surface area contributed by atoms with Crippen molar-refractivity contribution in [2.75, 3.05) is 29.6 Å². The van der Waals surface area contributed by atoms with Crippen LogP contribution in [0.25, 0.3) is 0 Å². The average Bonchev–Trinajstić information content (AvgIpc) is 3.26. The van der Waals surface area contributed by atoms with E-state index < -0.39 is 5.97 Å². The number of carboxylic acid groups (broad SMARTS) is 1. The minimum atomic E-state index is -0.876. The van der Waals surface area contributed by atoms with Crippen LogP contribution in [0.5, 0.6) is 0 Å². The topological polar surface area (TPSA) is 60.9 Å². The summed E-state index contributed by atoms with van der Waals surface area (Å²) in [5.74, 6) is 0.0369. The molecule has 5 heteroatoms. The van der Waals surface area contributed by atoms with Crippen LogP contribution in [0, 0.1) is 0 Å². The fourth-order valence-electron chi connectivity index (χ4n) is 5.34. The molecule has 5 nitrogen and oxygen atoms in total. The Labute approximate surface area is 204 Å². The van der Waals surface area contributed by atoms with E-state index in [2.05, 4.69) is 71.3 Å². The van der Waals surface area contributed by atoms with Gasteiger partial charge in [0, 0.05) is 30.0 Å². The molecule has 1 heterocycles. The zero-order valence-corrected chi connectivity index (χ0v) is 22.0. The summed E-state index contributed by atoms with van der Waals surface area (Å²) in [7, 11) is 0. The summed E-state index contributed by atoms with van der Waals surface area (Å²) in [6, 6.07) is 7.82. The number of hydrogen-bond donors (Lipinski definition) is 1. The van der Waals surface area contributed by atoms with Crippen molar-refractivity contribution in [2.24, 2.45) is 0 Å². The van der Waals surface area contributed by atoms with Crippen LogP contribution in [0.2, 0.25) is 0 Å². The van der Waals surface area contributed by atoms with Gasteiger partial charge in [0.15, 0.2) is 0 Å². The maximum absolute atomic E-state index is 12.1. The van der Waals surface area contributed by atoms with Crippen LogP contribution < -0.4 is 9.80 Å². The molecule has 1 fully saturated rings. The molecule has 1 N–H and O–H groups in total. The molecule has 3 rings (SSSR count). The molecule has 0 amide bonds. The number of nitrogens with zero attached hydrogens (tertiary/aromatic N) is 2. The minimum absolute atomic E-state index is 0.0877. The molecular weight excluding hydrogens is 424 g/mol. The highest BCUT2D eigenvalue weighted by molar-refractivity contribution is 5.92. The third kappa shape index (κ3) is 4.70. The maximum Gasteiger partial charge on any atom is 0.336 e. The Balaban J connectivity index is 2.17. The van der Waals surface area contributed by atoms with Gasteiger partial charge in [-0.1, -0.05) is 73.6 Å². The second-order valence-electron chi connectivity index (χ2n) is 10.7. The number of aromatic carboxylic acids is 1. The quantitative estimate of drug-likeness (QED) is 0.427.